The largest absolute Gasteiger partial charge is 0.507 e. The van der Waals surface area contributed by atoms with Gasteiger partial charge in [0, 0.05) is 23.7 Å². The molecular formula is C23H19NO3. The van der Waals surface area contributed by atoms with Gasteiger partial charge in [0.2, 0.25) is 0 Å². The van der Waals surface area contributed by atoms with Crippen molar-refractivity contribution in [2.24, 2.45) is 0 Å². The average molecular weight is 357 g/mol. The van der Waals surface area contributed by atoms with Gasteiger partial charge in [-0.25, -0.2) is 4.79 Å². The molecule has 4 rings (SSSR count). The van der Waals surface area contributed by atoms with E-state index in [0.29, 0.717) is 17.4 Å². The van der Waals surface area contributed by atoms with Crippen LogP contribution in [0.3, 0.4) is 0 Å². The van der Waals surface area contributed by atoms with Gasteiger partial charge in [-0.15, -0.1) is 0 Å². The number of pyridine rings is 1. The van der Waals surface area contributed by atoms with E-state index in [-0.39, 0.29) is 17.2 Å². The lowest BCUT2D eigenvalue weighted by Gasteiger charge is -2.18. The van der Waals surface area contributed by atoms with Gasteiger partial charge in [-0.1, -0.05) is 48.5 Å². The van der Waals surface area contributed by atoms with Crippen molar-refractivity contribution in [3.63, 3.8) is 0 Å². The molecule has 4 aromatic rings. The van der Waals surface area contributed by atoms with Gasteiger partial charge in [0.1, 0.15) is 11.3 Å². The first-order chi connectivity index (χ1) is 13.1. The fourth-order valence-electron chi connectivity index (χ4n) is 3.45. The molecule has 1 unspecified atom stereocenters. The number of benzene rings is 2. The van der Waals surface area contributed by atoms with Crippen LogP contribution in [-0.4, -0.2) is 10.1 Å². The maximum atomic E-state index is 12.8. The third-order valence-electron chi connectivity index (χ3n) is 4.73. The molecule has 2 heterocycles. The van der Waals surface area contributed by atoms with Crippen molar-refractivity contribution in [1.82, 2.24) is 4.98 Å². The Bertz CT molecular complexity index is 1150. The SMILES string of the molecule is Cc1cccc(CC(c2ccccc2)c2c(O)c3ccccc3oc2=O)n1. The molecule has 0 fully saturated rings. The molecule has 2 aromatic heterocycles. The molecule has 0 spiro atoms. The van der Waals surface area contributed by atoms with Gasteiger partial charge >= 0.3 is 5.63 Å². The second-order valence-electron chi connectivity index (χ2n) is 6.59. The number of nitrogens with zero attached hydrogens (tertiary/aromatic N) is 1. The van der Waals surface area contributed by atoms with Crippen LogP contribution in [0, 0.1) is 6.92 Å². The van der Waals surface area contributed by atoms with Crippen LogP contribution >= 0.6 is 0 Å². The van der Waals surface area contributed by atoms with Gasteiger partial charge in [-0.3, -0.25) is 4.98 Å². The van der Waals surface area contributed by atoms with E-state index in [9.17, 15) is 9.90 Å². The number of aromatic hydroxyl groups is 1. The van der Waals surface area contributed by atoms with Gasteiger partial charge in [0.05, 0.1) is 10.9 Å². The summed E-state index contributed by atoms with van der Waals surface area (Å²) in [6.45, 7) is 1.93. The van der Waals surface area contributed by atoms with Crippen molar-refractivity contribution in [1.29, 1.82) is 0 Å². The normalized spacial score (nSPS) is 12.2. The highest BCUT2D eigenvalue weighted by Gasteiger charge is 2.25. The van der Waals surface area contributed by atoms with Crippen molar-refractivity contribution >= 4 is 11.0 Å². The van der Waals surface area contributed by atoms with Gasteiger partial charge < -0.3 is 9.52 Å². The Morgan fingerprint density at radius 2 is 1.70 bits per heavy atom. The predicted octanol–water partition coefficient (Wildman–Crippen LogP) is 4.58. The van der Waals surface area contributed by atoms with Crippen LogP contribution in [-0.2, 0) is 6.42 Å². The highest BCUT2D eigenvalue weighted by atomic mass is 16.4. The summed E-state index contributed by atoms with van der Waals surface area (Å²) in [5.74, 6) is -0.385. The van der Waals surface area contributed by atoms with Crippen LogP contribution < -0.4 is 5.63 Å². The van der Waals surface area contributed by atoms with Crippen LogP contribution in [0.15, 0.2) is 82.0 Å². The second kappa shape index (κ2) is 7.08. The Morgan fingerprint density at radius 3 is 2.48 bits per heavy atom. The predicted molar refractivity (Wildman–Crippen MR) is 105 cm³/mol. The fourth-order valence-corrected chi connectivity index (χ4v) is 3.45. The van der Waals surface area contributed by atoms with E-state index in [1.807, 2.05) is 61.5 Å². The smallest absolute Gasteiger partial charge is 0.343 e. The summed E-state index contributed by atoms with van der Waals surface area (Å²) in [6, 6.07) is 22.5. The zero-order valence-electron chi connectivity index (χ0n) is 14.9. The minimum Gasteiger partial charge on any atom is -0.507 e. The Morgan fingerprint density at radius 1 is 0.963 bits per heavy atom. The molecule has 1 N–H and O–H groups in total. The van der Waals surface area contributed by atoms with E-state index in [0.717, 1.165) is 17.0 Å². The van der Waals surface area contributed by atoms with Gasteiger partial charge in [0.15, 0.2) is 0 Å². The number of aromatic nitrogens is 1. The van der Waals surface area contributed by atoms with Gasteiger partial charge in [-0.2, -0.15) is 0 Å². The topological polar surface area (TPSA) is 63.3 Å². The standard InChI is InChI=1S/C23H19NO3/c1-15-8-7-11-17(24-15)14-19(16-9-3-2-4-10-16)21-22(25)18-12-5-6-13-20(18)27-23(21)26/h2-13,19,25H,14H2,1H3. The Balaban J connectivity index is 1.91. The summed E-state index contributed by atoms with van der Waals surface area (Å²) in [7, 11) is 0. The maximum Gasteiger partial charge on any atom is 0.343 e. The molecule has 0 amide bonds. The summed E-state index contributed by atoms with van der Waals surface area (Å²) < 4.78 is 5.50. The highest BCUT2D eigenvalue weighted by molar-refractivity contribution is 5.84. The van der Waals surface area contributed by atoms with Crippen LogP contribution in [0.25, 0.3) is 11.0 Å². The van der Waals surface area contributed by atoms with Crippen molar-refractivity contribution in [2.75, 3.05) is 0 Å². The Kier molecular flexibility index (Phi) is 4.47. The molecule has 4 nitrogen and oxygen atoms in total. The number of fused-ring (bicyclic) bond motifs is 1. The van der Waals surface area contributed by atoms with Crippen molar-refractivity contribution in [2.45, 2.75) is 19.3 Å². The van der Waals surface area contributed by atoms with E-state index in [1.54, 1.807) is 18.2 Å². The summed E-state index contributed by atoms with van der Waals surface area (Å²) in [5, 5.41) is 11.4. The van der Waals surface area contributed by atoms with E-state index >= 15 is 0 Å². The lowest BCUT2D eigenvalue weighted by molar-refractivity contribution is 0.450. The molecule has 4 heteroatoms. The summed E-state index contributed by atoms with van der Waals surface area (Å²) >= 11 is 0. The zero-order chi connectivity index (χ0) is 18.8. The summed E-state index contributed by atoms with van der Waals surface area (Å²) in [6.07, 6.45) is 0.488. The molecule has 27 heavy (non-hydrogen) atoms. The highest BCUT2D eigenvalue weighted by Crippen LogP contribution is 2.35. The molecule has 0 bridgehead atoms. The molecule has 0 aliphatic carbocycles. The first kappa shape index (κ1) is 17.0. The van der Waals surface area contributed by atoms with E-state index in [4.69, 9.17) is 4.42 Å². The number of rotatable bonds is 4. The first-order valence-corrected chi connectivity index (χ1v) is 8.85. The zero-order valence-corrected chi connectivity index (χ0v) is 14.9. The van der Waals surface area contributed by atoms with Gasteiger partial charge in [0.25, 0.3) is 0 Å². The van der Waals surface area contributed by atoms with Crippen LogP contribution in [0.5, 0.6) is 5.75 Å². The molecule has 134 valence electrons. The van der Waals surface area contributed by atoms with Crippen LogP contribution in [0.1, 0.15) is 28.4 Å². The molecule has 0 saturated heterocycles. The summed E-state index contributed by atoms with van der Waals surface area (Å²) in [5.41, 5.74) is 2.82. The van der Waals surface area contributed by atoms with E-state index < -0.39 is 5.63 Å². The molecule has 0 aliphatic heterocycles. The van der Waals surface area contributed by atoms with Crippen LogP contribution in [0.4, 0.5) is 0 Å². The number of aryl methyl sites for hydroxylation is 1. The monoisotopic (exact) mass is 357 g/mol. The Labute approximate surface area is 156 Å². The number of para-hydroxylation sites is 1. The van der Waals surface area contributed by atoms with E-state index in [1.165, 1.54) is 0 Å². The lowest BCUT2D eigenvalue weighted by Crippen LogP contribution is -2.17. The third-order valence-corrected chi connectivity index (χ3v) is 4.73. The van der Waals surface area contributed by atoms with Crippen molar-refractivity contribution in [3.8, 4) is 5.75 Å². The molecular weight excluding hydrogens is 338 g/mol. The Hall–Kier alpha value is -3.40. The molecule has 0 aliphatic rings. The quantitative estimate of drug-likeness (QED) is 0.543. The maximum absolute atomic E-state index is 12.8. The molecule has 0 radical (unpaired) electrons. The average Bonchev–Trinajstić information content (AvgIpc) is 2.68. The third kappa shape index (κ3) is 3.34. The van der Waals surface area contributed by atoms with Crippen molar-refractivity contribution < 1.29 is 9.52 Å². The lowest BCUT2D eigenvalue weighted by atomic mass is 9.87. The molecule has 0 saturated carbocycles. The molecule has 1 atom stereocenters. The summed E-state index contributed by atoms with van der Waals surface area (Å²) in [4.78, 5) is 17.4. The van der Waals surface area contributed by atoms with E-state index in [2.05, 4.69) is 4.98 Å². The van der Waals surface area contributed by atoms with Gasteiger partial charge in [-0.05, 0) is 36.8 Å². The number of hydrogen-bond donors (Lipinski definition) is 1. The van der Waals surface area contributed by atoms with Crippen LogP contribution in [0.2, 0.25) is 0 Å². The first-order valence-electron chi connectivity index (χ1n) is 8.85. The minimum atomic E-state index is -0.521. The van der Waals surface area contributed by atoms with Crippen molar-refractivity contribution in [3.05, 3.63) is 106 Å². The molecule has 2 aromatic carbocycles. The second-order valence-corrected chi connectivity index (χ2v) is 6.59. The number of hydrogen-bond acceptors (Lipinski definition) is 4. The minimum absolute atomic E-state index is 0.0247. The fraction of sp³-hybridized carbons (Fsp3) is 0.130.